The van der Waals surface area contributed by atoms with Crippen molar-refractivity contribution in [1.82, 2.24) is 0 Å². The molecule has 0 aromatic carbocycles. The van der Waals surface area contributed by atoms with Crippen LogP contribution in [0.2, 0.25) is 0 Å². The molecule has 0 aliphatic rings. The van der Waals surface area contributed by atoms with Crippen LogP contribution in [0.5, 0.6) is 0 Å². The number of hydrogen-bond donors (Lipinski definition) is 0. The highest BCUT2D eigenvalue weighted by Crippen LogP contribution is 2.19. The predicted molar refractivity (Wildman–Crippen MR) is 41.6 cm³/mol. The van der Waals surface area contributed by atoms with Crippen molar-refractivity contribution in [3.8, 4) is 0 Å². The van der Waals surface area contributed by atoms with Crippen LogP contribution in [0.15, 0.2) is 25.0 Å². The zero-order valence-corrected chi connectivity index (χ0v) is 7.09. The van der Waals surface area contributed by atoms with E-state index in [1.807, 2.05) is 0 Å². The molecule has 0 unspecified atom stereocenters. The second-order valence-corrected chi connectivity index (χ2v) is 2.31. The van der Waals surface area contributed by atoms with Gasteiger partial charge in [-0.25, -0.2) is 0 Å². The first-order valence-electron chi connectivity index (χ1n) is 3.49. The minimum atomic E-state index is -3.56. The van der Waals surface area contributed by atoms with E-state index < -0.39 is 12.4 Å². The number of hydrogen-bond acceptors (Lipinski definition) is 2. The van der Waals surface area contributed by atoms with Crippen molar-refractivity contribution in [2.75, 3.05) is 0 Å². The second kappa shape index (κ2) is 4.87. The van der Waals surface area contributed by atoms with Gasteiger partial charge in [0.2, 0.25) is 0 Å². The first-order chi connectivity index (χ1) is 5.48. The van der Waals surface area contributed by atoms with E-state index in [1.165, 1.54) is 26.0 Å². The van der Waals surface area contributed by atoms with Gasteiger partial charge in [0, 0.05) is 0 Å². The van der Waals surface area contributed by atoms with Crippen molar-refractivity contribution < 1.29 is 18.3 Å². The van der Waals surface area contributed by atoms with E-state index in [0.717, 1.165) is 6.26 Å². The van der Waals surface area contributed by atoms with Crippen LogP contribution in [0.4, 0.5) is 8.78 Å². The van der Waals surface area contributed by atoms with Gasteiger partial charge in [-0.15, -0.1) is 8.78 Å². The van der Waals surface area contributed by atoms with Crippen molar-refractivity contribution in [3.05, 3.63) is 25.0 Å². The predicted octanol–water partition coefficient (Wildman–Crippen LogP) is 2.68. The summed E-state index contributed by atoms with van der Waals surface area (Å²) in [7, 11) is 0. The van der Waals surface area contributed by atoms with E-state index in [0.29, 0.717) is 0 Å². The molecule has 12 heavy (non-hydrogen) atoms. The maximum atomic E-state index is 12.5. The number of ether oxygens (including phenoxy) is 2. The van der Waals surface area contributed by atoms with Crippen LogP contribution in [-0.4, -0.2) is 12.4 Å². The van der Waals surface area contributed by atoms with Crippen LogP contribution in [-0.2, 0) is 9.47 Å². The summed E-state index contributed by atoms with van der Waals surface area (Å²) in [6.45, 7) is 6.28. The fourth-order valence-corrected chi connectivity index (χ4v) is 0.476. The SMILES string of the molecule is C=C/C=C/OC(F)(F)OC(C)C. The summed E-state index contributed by atoms with van der Waals surface area (Å²) in [4.78, 5) is 0. The van der Waals surface area contributed by atoms with Crippen LogP contribution in [0.3, 0.4) is 0 Å². The zero-order valence-electron chi connectivity index (χ0n) is 7.09. The lowest BCUT2D eigenvalue weighted by molar-refractivity contribution is -0.383. The normalized spacial score (nSPS) is 12.4. The van der Waals surface area contributed by atoms with Gasteiger partial charge in [0.15, 0.2) is 0 Å². The Morgan fingerprint density at radius 2 is 2.00 bits per heavy atom. The molecule has 0 aromatic rings. The van der Waals surface area contributed by atoms with Gasteiger partial charge in [0.05, 0.1) is 12.4 Å². The van der Waals surface area contributed by atoms with Crippen LogP contribution in [0.25, 0.3) is 0 Å². The summed E-state index contributed by atoms with van der Waals surface area (Å²) in [5, 5.41) is 0. The lowest BCUT2D eigenvalue weighted by Gasteiger charge is -2.16. The fraction of sp³-hybridized carbons (Fsp3) is 0.500. The molecule has 0 heterocycles. The van der Waals surface area contributed by atoms with Crippen LogP contribution in [0.1, 0.15) is 13.8 Å². The Bertz CT molecular complexity index is 164. The highest BCUT2D eigenvalue weighted by molar-refractivity contribution is 4.92. The molecule has 0 spiro atoms. The second-order valence-electron chi connectivity index (χ2n) is 2.31. The molecule has 0 amide bonds. The van der Waals surface area contributed by atoms with Crippen molar-refractivity contribution in [3.63, 3.8) is 0 Å². The lowest BCUT2D eigenvalue weighted by atomic mass is 10.5. The third-order valence-corrected chi connectivity index (χ3v) is 0.793. The quantitative estimate of drug-likeness (QED) is 0.366. The van der Waals surface area contributed by atoms with Crippen LogP contribution < -0.4 is 0 Å². The molecule has 4 heteroatoms. The van der Waals surface area contributed by atoms with Gasteiger partial charge in [0.25, 0.3) is 0 Å². The van der Waals surface area contributed by atoms with Crippen LogP contribution in [0, 0.1) is 0 Å². The Morgan fingerprint density at radius 1 is 1.42 bits per heavy atom. The minimum absolute atomic E-state index is 0.586. The van der Waals surface area contributed by atoms with Gasteiger partial charge in [-0.2, -0.15) is 0 Å². The molecule has 0 aliphatic heterocycles. The summed E-state index contributed by atoms with van der Waals surface area (Å²) >= 11 is 0. The molecule has 0 aliphatic carbocycles. The maximum absolute atomic E-state index is 12.5. The smallest absolute Gasteiger partial charge is 0.417 e. The summed E-state index contributed by atoms with van der Waals surface area (Å²) in [6.07, 6.45) is -0.747. The van der Waals surface area contributed by atoms with Crippen molar-refractivity contribution in [2.45, 2.75) is 26.2 Å². The Labute approximate surface area is 70.5 Å². The molecule has 0 radical (unpaired) electrons. The van der Waals surface area contributed by atoms with E-state index in [4.69, 9.17) is 0 Å². The van der Waals surface area contributed by atoms with Crippen molar-refractivity contribution in [1.29, 1.82) is 0 Å². The third kappa shape index (κ3) is 5.85. The van der Waals surface area contributed by atoms with E-state index in [-0.39, 0.29) is 0 Å². The van der Waals surface area contributed by atoms with E-state index in [2.05, 4.69) is 16.1 Å². The van der Waals surface area contributed by atoms with Crippen molar-refractivity contribution >= 4 is 0 Å². The summed E-state index contributed by atoms with van der Waals surface area (Å²) in [5.74, 6) is 0. The average Bonchev–Trinajstić information content (AvgIpc) is 1.84. The number of alkyl halides is 2. The first kappa shape index (κ1) is 11.1. The van der Waals surface area contributed by atoms with Gasteiger partial charge in [-0.3, -0.25) is 4.74 Å². The molecule has 0 saturated heterocycles. The van der Waals surface area contributed by atoms with Gasteiger partial charge in [-0.05, 0) is 19.9 Å². The van der Waals surface area contributed by atoms with Crippen LogP contribution >= 0.6 is 0 Å². The molecule has 0 fully saturated rings. The Kier molecular flexibility index (Phi) is 4.51. The molecule has 2 nitrogen and oxygen atoms in total. The zero-order chi connectivity index (χ0) is 9.61. The van der Waals surface area contributed by atoms with E-state index in [9.17, 15) is 8.78 Å². The Balaban J connectivity index is 3.86. The maximum Gasteiger partial charge on any atom is 0.534 e. The van der Waals surface area contributed by atoms with Gasteiger partial charge < -0.3 is 4.74 Å². The highest BCUT2D eigenvalue weighted by Gasteiger charge is 2.33. The minimum Gasteiger partial charge on any atom is -0.417 e. The molecule has 70 valence electrons. The fourth-order valence-electron chi connectivity index (χ4n) is 0.476. The number of halogens is 2. The lowest BCUT2D eigenvalue weighted by Crippen LogP contribution is -2.26. The van der Waals surface area contributed by atoms with Crippen molar-refractivity contribution in [2.24, 2.45) is 0 Å². The molecule has 0 atom stereocenters. The summed E-state index contributed by atoms with van der Waals surface area (Å²) in [5.41, 5.74) is 0. The summed E-state index contributed by atoms with van der Waals surface area (Å²) in [6, 6.07) is 0. The van der Waals surface area contributed by atoms with Gasteiger partial charge in [0.1, 0.15) is 0 Å². The Morgan fingerprint density at radius 3 is 2.42 bits per heavy atom. The first-order valence-corrected chi connectivity index (χ1v) is 3.49. The molecule has 0 rings (SSSR count). The molecule has 0 bridgehead atoms. The highest BCUT2D eigenvalue weighted by atomic mass is 19.3. The van der Waals surface area contributed by atoms with E-state index >= 15 is 0 Å². The Hall–Kier alpha value is -0.900. The molecule has 0 saturated carbocycles. The largest absolute Gasteiger partial charge is 0.534 e. The number of allylic oxidation sites excluding steroid dienone is 2. The average molecular weight is 178 g/mol. The van der Waals surface area contributed by atoms with Gasteiger partial charge in [-0.1, -0.05) is 12.7 Å². The number of rotatable bonds is 5. The van der Waals surface area contributed by atoms with E-state index in [1.54, 1.807) is 0 Å². The molecular weight excluding hydrogens is 166 g/mol. The van der Waals surface area contributed by atoms with Gasteiger partial charge >= 0.3 is 6.29 Å². The monoisotopic (exact) mass is 178 g/mol. The third-order valence-electron chi connectivity index (χ3n) is 0.793. The standard InChI is InChI=1S/C8H12F2O2/c1-4-5-6-11-8(9,10)12-7(2)3/h4-7H,1H2,2-3H3/b6-5+. The molecule has 0 aromatic heterocycles. The molecule has 0 N–H and O–H groups in total. The molecular formula is C8H12F2O2. The topological polar surface area (TPSA) is 18.5 Å². The summed E-state index contributed by atoms with van der Waals surface area (Å²) < 4.78 is 33.1.